The van der Waals surface area contributed by atoms with Gasteiger partial charge >= 0.3 is 0 Å². The van der Waals surface area contributed by atoms with Crippen LogP contribution >= 0.6 is 0 Å². The Hall–Kier alpha value is -0.660. The average molecular weight is 304 g/mol. The summed E-state index contributed by atoms with van der Waals surface area (Å²) in [6.45, 7) is 7.00. The Bertz CT molecular complexity index is 451. The molecule has 0 aliphatic carbocycles. The first kappa shape index (κ1) is 15.7. The van der Waals surface area contributed by atoms with E-state index in [-0.39, 0.29) is 29.6 Å². The van der Waals surface area contributed by atoms with Crippen LogP contribution in [0.4, 0.5) is 0 Å². The van der Waals surface area contributed by atoms with Gasteiger partial charge in [-0.3, -0.25) is 9.69 Å². The topological polar surface area (TPSA) is 66.9 Å². The molecule has 20 heavy (non-hydrogen) atoms. The van der Waals surface area contributed by atoms with Gasteiger partial charge in [-0.05, 0) is 20.3 Å². The number of likely N-dealkylation sites (N-methyl/N-ethyl adjacent to an activating group) is 1. The molecule has 0 bridgehead atoms. The minimum Gasteiger partial charge on any atom is -0.376 e. The Morgan fingerprint density at radius 1 is 1.45 bits per heavy atom. The Balaban J connectivity index is 1.92. The molecule has 2 saturated heterocycles. The smallest absolute Gasteiger partial charge is 0.237 e. The number of morpholine rings is 1. The number of carbonyl (C=O) groups excluding carboxylic acids is 1. The molecule has 1 amide bonds. The summed E-state index contributed by atoms with van der Waals surface area (Å²) in [6, 6.07) is -0.143. The fourth-order valence-electron chi connectivity index (χ4n) is 2.98. The maximum absolute atomic E-state index is 12.4. The van der Waals surface area contributed by atoms with Crippen molar-refractivity contribution < 1.29 is 17.9 Å². The fourth-order valence-corrected chi connectivity index (χ4v) is 4.71. The summed E-state index contributed by atoms with van der Waals surface area (Å²) in [7, 11) is -2.95. The van der Waals surface area contributed by atoms with E-state index in [1.807, 2.05) is 13.8 Å². The summed E-state index contributed by atoms with van der Waals surface area (Å²) in [6.07, 6.45) is 0.722. The molecule has 0 aromatic rings. The van der Waals surface area contributed by atoms with Gasteiger partial charge in [0.15, 0.2) is 9.84 Å². The predicted molar refractivity (Wildman–Crippen MR) is 76.3 cm³/mol. The van der Waals surface area contributed by atoms with Crippen LogP contribution in [0.5, 0.6) is 0 Å². The first-order chi connectivity index (χ1) is 9.41. The van der Waals surface area contributed by atoms with Gasteiger partial charge < -0.3 is 9.64 Å². The second-order valence-electron chi connectivity index (χ2n) is 5.65. The van der Waals surface area contributed by atoms with E-state index in [0.717, 1.165) is 13.1 Å². The Morgan fingerprint density at radius 3 is 2.75 bits per heavy atom. The van der Waals surface area contributed by atoms with Crippen LogP contribution < -0.4 is 0 Å². The molecule has 2 aliphatic rings. The molecular weight excluding hydrogens is 280 g/mol. The largest absolute Gasteiger partial charge is 0.376 e. The second kappa shape index (κ2) is 6.41. The zero-order valence-electron chi connectivity index (χ0n) is 12.2. The van der Waals surface area contributed by atoms with Crippen LogP contribution in [-0.2, 0) is 19.4 Å². The van der Waals surface area contributed by atoms with E-state index < -0.39 is 9.84 Å². The van der Waals surface area contributed by atoms with E-state index in [1.54, 1.807) is 4.90 Å². The standard InChI is InChI=1S/C13H24N2O4S/c1-3-15(12-4-7-20(17,18)10-12)13(16)9-14-5-6-19-11(2)8-14/h11-12H,3-10H2,1-2H3. The second-order valence-corrected chi connectivity index (χ2v) is 7.88. The van der Waals surface area contributed by atoms with E-state index in [0.29, 0.717) is 26.1 Å². The van der Waals surface area contributed by atoms with Crippen LogP contribution in [0.25, 0.3) is 0 Å². The molecule has 0 aromatic carbocycles. The number of hydrogen-bond donors (Lipinski definition) is 0. The third-order valence-corrected chi connectivity index (χ3v) is 5.74. The van der Waals surface area contributed by atoms with Crippen LogP contribution in [0, 0.1) is 0 Å². The Labute approximate surface area is 121 Å². The average Bonchev–Trinajstić information content (AvgIpc) is 2.70. The van der Waals surface area contributed by atoms with E-state index in [2.05, 4.69) is 4.90 Å². The lowest BCUT2D eigenvalue weighted by atomic mass is 10.2. The number of ether oxygens (including phenoxy) is 1. The number of nitrogens with zero attached hydrogens (tertiary/aromatic N) is 2. The molecule has 2 unspecified atom stereocenters. The van der Waals surface area contributed by atoms with Crippen LogP contribution in [0.3, 0.4) is 0 Å². The number of sulfone groups is 1. The lowest BCUT2D eigenvalue weighted by molar-refractivity contribution is -0.135. The minimum absolute atomic E-state index is 0.0312. The third-order valence-electron chi connectivity index (χ3n) is 3.99. The first-order valence-electron chi connectivity index (χ1n) is 7.25. The van der Waals surface area contributed by atoms with Gasteiger partial charge in [0, 0.05) is 25.7 Å². The highest BCUT2D eigenvalue weighted by Crippen LogP contribution is 2.18. The highest BCUT2D eigenvalue weighted by atomic mass is 32.2. The van der Waals surface area contributed by atoms with Crippen molar-refractivity contribution in [3.05, 3.63) is 0 Å². The zero-order valence-corrected chi connectivity index (χ0v) is 13.1. The Kier molecular flexibility index (Phi) is 5.04. The van der Waals surface area contributed by atoms with Gasteiger partial charge in [-0.25, -0.2) is 8.42 Å². The quantitative estimate of drug-likeness (QED) is 0.716. The lowest BCUT2D eigenvalue weighted by Crippen LogP contribution is -2.49. The highest BCUT2D eigenvalue weighted by Gasteiger charge is 2.34. The molecule has 116 valence electrons. The van der Waals surface area contributed by atoms with E-state index in [1.165, 1.54) is 0 Å². The van der Waals surface area contributed by atoms with Gasteiger partial charge in [-0.15, -0.1) is 0 Å². The monoisotopic (exact) mass is 304 g/mol. The Morgan fingerprint density at radius 2 is 2.20 bits per heavy atom. The van der Waals surface area contributed by atoms with Gasteiger partial charge in [-0.1, -0.05) is 0 Å². The van der Waals surface area contributed by atoms with Crippen LogP contribution in [0.2, 0.25) is 0 Å². The summed E-state index contributed by atoms with van der Waals surface area (Å²) in [4.78, 5) is 16.2. The maximum Gasteiger partial charge on any atom is 0.237 e. The van der Waals surface area contributed by atoms with Crippen molar-refractivity contribution in [3.63, 3.8) is 0 Å². The van der Waals surface area contributed by atoms with Gasteiger partial charge in [0.1, 0.15) is 0 Å². The van der Waals surface area contributed by atoms with E-state index >= 15 is 0 Å². The summed E-state index contributed by atoms with van der Waals surface area (Å²) in [5.74, 6) is 0.353. The van der Waals surface area contributed by atoms with Crippen molar-refractivity contribution in [3.8, 4) is 0 Å². The number of rotatable bonds is 4. The molecule has 2 heterocycles. The van der Waals surface area contributed by atoms with Crippen LogP contribution in [0.1, 0.15) is 20.3 Å². The van der Waals surface area contributed by atoms with Crippen molar-refractivity contribution in [1.82, 2.24) is 9.80 Å². The number of carbonyl (C=O) groups is 1. The molecule has 2 fully saturated rings. The molecule has 2 rings (SSSR count). The molecule has 7 heteroatoms. The molecule has 2 atom stereocenters. The molecule has 0 aromatic heterocycles. The molecular formula is C13H24N2O4S. The van der Waals surface area contributed by atoms with Crippen molar-refractivity contribution in [2.24, 2.45) is 0 Å². The molecule has 0 saturated carbocycles. The fraction of sp³-hybridized carbons (Fsp3) is 0.923. The van der Waals surface area contributed by atoms with Gasteiger partial charge in [-0.2, -0.15) is 0 Å². The number of hydrogen-bond acceptors (Lipinski definition) is 5. The van der Waals surface area contributed by atoms with E-state index in [9.17, 15) is 13.2 Å². The molecule has 0 N–H and O–H groups in total. The molecule has 0 radical (unpaired) electrons. The van der Waals surface area contributed by atoms with Crippen molar-refractivity contribution in [2.45, 2.75) is 32.4 Å². The van der Waals surface area contributed by atoms with Gasteiger partial charge in [0.25, 0.3) is 0 Å². The summed E-state index contributed by atoms with van der Waals surface area (Å²) in [5.41, 5.74) is 0. The SMILES string of the molecule is CCN(C(=O)CN1CCOC(C)C1)C1CCS(=O)(=O)C1. The molecule has 0 spiro atoms. The summed E-state index contributed by atoms with van der Waals surface area (Å²) in [5, 5.41) is 0. The van der Waals surface area contributed by atoms with Crippen molar-refractivity contribution >= 4 is 15.7 Å². The normalized spacial score (nSPS) is 30.3. The summed E-state index contributed by atoms with van der Waals surface area (Å²) < 4.78 is 28.6. The van der Waals surface area contributed by atoms with Crippen LogP contribution in [0.15, 0.2) is 0 Å². The highest BCUT2D eigenvalue weighted by molar-refractivity contribution is 7.91. The lowest BCUT2D eigenvalue weighted by Gasteiger charge is -2.33. The summed E-state index contributed by atoms with van der Waals surface area (Å²) >= 11 is 0. The van der Waals surface area contributed by atoms with Crippen molar-refractivity contribution in [2.75, 3.05) is 44.3 Å². The van der Waals surface area contributed by atoms with Crippen LogP contribution in [-0.4, -0.2) is 80.6 Å². The molecule has 6 nitrogen and oxygen atoms in total. The third kappa shape index (κ3) is 3.93. The zero-order chi connectivity index (χ0) is 14.8. The minimum atomic E-state index is -2.95. The van der Waals surface area contributed by atoms with E-state index in [4.69, 9.17) is 4.74 Å². The predicted octanol–water partition coefficient (Wildman–Crippen LogP) is -0.257. The van der Waals surface area contributed by atoms with Crippen molar-refractivity contribution in [1.29, 1.82) is 0 Å². The maximum atomic E-state index is 12.4. The number of amides is 1. The first-order valence-corrected chi connectivity index (χ1v) is 9.07. The molecule has 2 aliphatic heterocycles. The van der Waals surface area contributed by atoms with Gasteiger partial charge in [0.2, 0.25) is 5.91 Å². The van der Waals surface area contributed by atoms with Gasteiger partial charge in [0.05, 0.1) is 30.8 Å².